The van der Waals surface area contributed by atoms with Crippen LogP contribution in [0.15, 0.2) is 107 Å². The Kier molecular flexibility index (Phi) is 5.79. The summed E-state index contributed by atoms with van der Waals surface area (Å²) in [6.45, 7) is 0. The Morgan fingerprint density at radius 1 is 0.464 bits per heavy atom. The summed E-state index contributed by atoms with van der Waals surface area (Å²) in [6, 6.07) is 25.9. The Labute approximate surface area is 174 Å². The Morgan fingerprint density at radius 2 is 0.786 bits per heavy atom. The Balaban J connectivity index is 1.53. The highest BCUT2D eigenvalue weighted by Gasteiger charge is 2.09. The summed E-state index contributed by atoms with van der Waals surface area (Å²) in [7, 11) is 0. The molecule has 0 aliphatic carbocycles. The lowest BCUT2D eigenvalue weighted by atomic mass is 10.1. The Morgan fingerprint density at radius 3 is 1.07 bits per heavy atom. The number of hydrogen-bond acceptors (Lipinski definition) is 2. The van der Waals surface area contributed by atoms with Crippen LogP contribution < -0.4 is 9.13 Å². The maximum atomic E-state index is 2.16. The fourth-order valence-electron chi connectivity index (χ4n) is 3.09. The molecule has 2 aromatic carbocycles. The summed E-state index contributed by atoms with van der Waals surface area (Å²) in [5.74, 6) is 0. The number of pyridine rings is 2. The van der Waals surface area contributed by atoms with Gasteiger partial charge < -0.3 is 0 Å². The highest BCUT2D eigenvalue weighted by molar-refractivity contribution is 7.98. The van der Waals surface area contributed by atoms with E-state index in [0.29, 0.717) is 0 Å². The predicted octanol–water partition coefficient (Wildman–Crippen LogP) is 5.35. The molecule has 28 heavy (non-hydrogen) atoms. The zero-order valence-electron chi connectivity index (χ0n) is 15.9. The van der Waals surface area contributed by atoms with Crippen molar-refractivity contribution in [1.29, 1.82) is 0 Å². The minimum atomic E-state index is 1.17. The number of rotatable bonds is 5. The van der Waals surface area contributed by atoms with Crippen molar-refractivity contribution in [3.8, 4) is 22.5 Å². The van der Waals surface area contributed by atoms with Crippen molar-refractivity contribution < 1.29 is 9.13 Å². The van der Waals surface area contributed by atoms with Crippen molar-refractivity contribution in [2.24, 2.45) is 0 Å². The van der Waals surface area contributed by atoms with E-state index in [-0.39, 0.29) is 0 Å². The first-order valence-electron chi connectivity index (χ1n) is 9.09. The zero-order chi connectivity index (χ0) is 19.3. The number of nitrogens with zero attached hydrogens (tertiary/aromatic N) is 2. The van der Waals surface area contributed by atoms with Crippen LogP contribution in [0.1, 0.15) is 0 Å². The van der Waals surface area contributed by atoms with E-state index in [2.05, 4.69) is 119 Å². The first-order valence-corrected chi connectivity index (χ1v) is 11.5. The van der Waals surface area contributed by atoms with Crippen molar-refractivity contribution in [2.45, 2.75) is 9.79 Å². The van der Waals surface area contributed by atoms with Crippen LogP contribution in [0.4, 0.5) is 0 Å². The summed E-state index contributed by atoms with van der Waals surface area (Å²) in [5, 5.41) is 0. The van der Waals surface area contributed by atoms with E-state index in [1.807, 2.05) is 0 Å². The molecule has 138 valence electrons. The molecule has 4 rings (SSSR count). The molecule has 2 aromatic heterocycles. The van der Waals surface area contributed by atoms with Crippen molar-refractivity contribution in [3.05, 3.63) is 97.6 Å². The van der Waals surface area contributed by atoms with E-state index in [0.717, 1.165) is 0 Å². The van der Waals surface area contributed by atoms with Gasteiger partial charge in [0.25, 0.3) is 0 Å². The minimum Gasteiger partial charge on any atom is -0.167 e. The molecule has 0 saturated carbocycles. The molecular weight excluding hydrogens is 380 g/mol. The van der Waals surface area contributed by atoms with E-state index in [9.17, 15) is 0 Å². The lowest BCUT2D eigenvalue weighted by Gasteiger charge is -2.02. The largest absolute Gasteiger partial charge is 0.210 e. The third-order valence-corrected chi connectivity index (χ3v) is 6.22. The smallest absolute Gasteiger partial charge is 0.167 e. The van der Waals surface area contributed by atoms with Crippen LogP contribution in [0.25, 0.3) is 22.5 Å². The van der Waals surface area contributed by atoms with Crippen molar-refractivity contribution in [2.75, 3.05) is 12.5 Å². The normalized spacial score (nSPS) is 10.8. The molecule has 4 heteroatoms. The van der Waals surface area contributed by atoms with E-state index in [1.54, 1.807) is 23.5 Å². The van der Waals surface area contributed by atoms with Gasteiger partial charge in [0.05, 0.1) is 0 Å². The average Bonchev–Trinajstić information content (AvgIpc) is 2.79. The first-order chi connectivity index (χ1) is 13.8. The minimum absolute atomic E-state index is 1.17. The van der Waals surface area contributed by atoms with E-state index in [1.165, 1.54) is 32.3 Å². The molecule has 2 heterocycles. The highest BCUT2D eigenvalue weighted by Crippen LogP contribution is 2.19. The second-order valence-corrected chi connectivity index (χ2v) is 8.14. The lowest BCUT2D eigenvalue weighted by molar-refractivity contribution is -0.596. The molecule has 4 aromatic rings. The molecule has 0 aliphatic heterocycles. The Bertz CT molecular complexity index is 951. The molecule has 2 nitrogen and oxygen atoms in total. The first kappa shape index (κ1) is 18.8. The van der Waals surface area contributed by atoms with Gasteiger partial charge in [0.2, 0.25) is 11.4 Å². The SMILES string of the molecule is CSc1ccc(-[n+]2ccc(-c3cc[n+](-c4ccc(SC)cc4)cc3)cc2)cc1. The molecule has 0 amide bonds. The Hall–Kier alpha value is -2.56. The summed E-state index contributed by atoms with van der Waals surface area (Å²) >= 11 is 3.52. The van der Waals surface area contributed by atoms with E-state index >= 15 is 0 Å². The maximum absolute atomic E-state index is 2.16. The number of aromatic nitrogens is 2. The van der Waals surface area contributed by atoms with Crippen LogP contribution in [0.3, 0.4) is 0 Å². The predicted molar refractivity (Wildman–Crippen MR) is 119 cm³/mol. The third-order valence-electron chi connectivity index (χ3n) is 4.73. The molecule has 0 N–H and O–H groups in total. The lowest BCUT2D eigenvalue weighted by Crippen LogP contribution is -2.29. The molecule has 0 unspecified atom stereocenters. The second-order valence-electron chi connectivity index (χ2n) is 6.38. The van der Waals surface area contributed by atoms with Crippen molar-refractivity contribution in [1.82, 2.24) is 0 Å². The second kappa shape index (κ2) is 8.63. The van der Waals surface area contributed by atoms with Gasteiger partial charge in [0.1, 0.15) is 0 Å². The van der Waals surface area contributed by atoms with Crippen LogP contribution in [0.5, 0.6) is 0 Å². The zero-order valence-corrected chi connectivity index (χ0v) is 17.6. The molecule has 0 radical (unpaired) electrons. The van der Waals surface area contributed by atoms with Gasteiger partial charge in [-0.3, -0.25) is 0 Å². The van der Waals surface area contributed by atoms with Crippen molar-refractivity contribution in [3.63, 3.8) is 0 Å². The fourth-order valence-corrected chi connectivity index (χ4v) is 3.91. The van der Waals surface area contributed by atoms with Crippen molar-refractivity contribution >= 4 is 23.5 Å². The monoisotopic (exact) mass is 402 g/mol. The molecule has 0 fully saturated rings. The molecule has 0 spiro atoms. The molecule has 0 bridgehead atoms. The van der Waals surface area contributed by atoms with Crippen LogP contribution in [0, 0.1) is 0 Å². The van der Waals surface area contributed by atoms with Gasteiger partial charge in [-0.05, 0) is 47.9 Å². The standard InChI is InChI=1S/C24H22N2S2/c1-27-23-7-3-21(4-8-23)25-15-11-19(12-16-25)20-13-17-26(18-14-20)22-5-9-24(28-2)10-6-22/h3-18H,1-2H3/q+2. The number of benzene rings is 2. The molecule has 0 atom stereocenters. The van der Waals surface area contributed by atoms with Gasteiger partial charge in [-0.15, -0.1) is 23.5 Å². The van der Waals surface area contributed by atoms with Gasteiger partial charge in [0.15, 0.2) is 24.8 Å². The number of thioether (sulfide) groups is 2. The van der Waals surface area contributed by atoms with Crippen LogP contribution in [-0.4, -0.2) is 12.5 Å². The summed E-state index contributed by atoms with van der Waals surface area (Å²) < 4.78 is 4.29. The van der Waals surface area contributed by atoms with Gasteiger partial charge in [-0.25, -0.2) is 0 Å². The molecule has 0 saturated heterocycles. The summed E-state index contributed by atoms with van der Waals surface area (Å²) in [4.78, 5) is 2.56. The quantitative estimate of drug-likeness (QED) is 0.328. The fraction of sp³-hybridized carbons (Fsp3) is 0.0833. The van der Waals surface area contributed by atoms with Crippen LogP contribution >= 0.6 is 23.5 Å². The van der Waals surface area contributed by atoms with Gasteiger partial charge in [-0.2, -0.15) is 9.13 Å². The third kappa shape index (κ3) is 4.13. The van der Waals surface area contributed by atoms with Gasteiger partial charge >= 0.3 is 0 Å². The summed E-state index contributed by atoms with van der Waals surface area (Å²) in [5.41, 5.74) is 4.76. The molecule has 0 aliphatic rings. The van der Waals surface area contributed by atoms with E-state index < -0.39 is 0 Å². The average molecular weight is 403 g/mol. The van der Waals surface area contributed by atoms with Crippen LogP contribution in [-0.2, 0) is 0 Å². The number of hydrogen-bond donors (Lipinski definition) is 0. The van der Waals surface area contributed by atoms with Gasteiger partial charge in [0, 0.05) is 58.3 Å². The van der Waals surface area contributed by atoms with Crippen LogP contribution in [0.2, 0.25) is 0 Å². The molecular formula is C24H22N2S2+2. The summed E-state index contributed by atoms with van der Waals surface area (Å²) in [6.07, 6.45) is 12.7. The maximum Gasteiger partial charge on any atom is 0.210 e. The van der Waals surface area contributed by atoms with Gasteiger partial charge in [-0.1, -0.05) is 0 Å². The highest BCUT2D eigenvalue weighted by atomic mass is 32.2. The topological polar surface area (TPSA) is 7.76 Å². The van der Waals surface area contributed by atoms with E-state index in [4.69, 9.17) is 0 Å².